The minimum atomic E-state index is 0.358. The second kappa shape index (κ2) is 7.43. The van der Waals surface area contributed by atoms with E-state index in [-0.39, 0.29) is 0 Å². The highest BCUT2D eigenvalue weighted by molar-refractivity contribution is 5.76. The molecule has 6 heteroatoms. The zero-order valence-electron chi connectivity index (χ0n) is 14.4. The summed E-state index contributed by atoms with van der Waals surface area (Å²) in [5, 5.41) is 8.19. The summed E-state index contributed by atoms with van der Waals surface area (Å²) in [6.07, 6.45) is 6.87. The highest BCUT2D eigenvalue weighted by Gasteiger charge is 2.28. The van der Waals surface area contributed by atoms with Crippen LogP contribution in [0.25, 0.3) is 0 Å². The van der Waals surface area contributed by atoms with Crippen molar-refractivity contribution < 1.29 is 4.79 Å². The number of rotatable bonds is 4. The van der Waals surface area contributed by atoms with Gasteiger partial charge in [0.25, 0.3) is 0 Å². The number of aromatic nitrogens is 3. The van der Waals surface area contributed by atoms with E-state index in [9.17, 15) is 4.79 Å². The highest BCUT2D eigenvalue weighted by Crippen LogP contribution is 2.28. The number of amides is 1. The molecule has 1 aromatic rings. The van der Waals surface area contributed by atoms with E-state index in [4.69, 9.17) is 0 Å². The number of piperidine rings is 2. The normalized spacial score (nSPS) is 21.7. The van der Waals surface area contributed by atoms with Crippen LogP contribution in [-0.4, -0.2) is 63.2 Å². The van der Waals surface area contributed by atoms with E-state index in [2.05, 4.69) is 26.9 Å². The first kappa shape index (κ1) is 16.4. The highest BCUT2D eigenvalue weighted by atomic mass is 16.2. The van der Waals surface area contributed by atoms with Crippen LogP contribution in [0.5, 0.6) is 0 Å². The number of likely N-dealkylation sites (tertiary alicyclic amines) is 2. The Balaban J connectivity index is 1.44. The van der Waals surface area contributed by atoms with Crippen molar-refractivity contribution in [2.45, 2.75) is 44.9 Å². The minimum absolute atomic E-state index is 0.358. The number of hydrogen-bond donors (Lipinski definition) is 0. The molecular weight excluding hydrogens is 290 g/mol. The Labute approximate surface area is 138 Å². The van der Waals surface area contributed by atoms with Gasteiger partial charge >= 0.3 is 0 Å². The van der Waals surface area contributed by atoms with Gasteiger partial charge in [0.15, 0.2) is 0 Å². The Bertz CT molecular complexity index is 513. The Hall–Kier alpha value is -1.43. The van der Waals surface area contributed by atoms with Crippen LogP contribution in [0.1, 0.15) is 50.8 Å². The maximum absolute atomic E-state index is 12.6. The first-order valence-corrected chi connectivity index (χ1v) is 9.01. The van der Waals surface area contributed by atoms with Crippen molar-refractivity contribution >= 4 is 5.91 Å². The van der Waals surface area contributed by atoms with E-state index in [1.165, 1.54) is 12.8 Å². The van der Waals surface area contributed by atoms with Crippen molar-refractivity contribution in [1.82, 2.24) is 24.6 Å². The van der Waals surface area contributed by atoms with Crippen LogP contribution in [0.3, 0.4) is 0 Å². The summed E-state index contributed by atoms with van der Waals surface area (Å²) in [7, 11) is 2.00. The van der Waals surface area contributed by atoms with Gasteiger partial charge in [-0.05, 0) is 51.2 Å². The van der Waals surface area contributed by atoms with Crippen LogP contribution < -0.4 is 0 Å². The Morgan fingerprint density at radius 3 is 2.43 bits per heavy atom. The zero-order chi connectivity index (χ0) is 16.2. The second-order valence-electron chi connectivity index (χ2n) is 7.04. The fourth-order valence-electron chi connectivity index (χ4n) is 3.93. The fourth-order valence-corrected chi connectivity index (χ4v) is 3.93. The Morgan fingerprint density at radius 1 is 1.17 bits per heavy atom. The van der Waals surface area contributed by atoms with E-state index in [0.717, 1.165) is 57.8 Å². The molecule has 1 amide bonds. The first-order chi connectivity index (χ1) is 11.2. The minimum Gasteiger partial charge on any atom is -0.343 e. The maximum Gasteiger partial charge on any atom is 0.222 e. The molecule has 0 radical (unpaired) electrons. The van der Waals surface area contributed by atoms with Crippen molar-refractivity contribution in [3.63, 3.8) is 0 Å². The average Bonchev–Trinajstić information content (AvgIpc) is 3.02. The third-order valence-electron chi connectivity index (χ3n) is 5.58. The number of aryl methyl sites for hydroxylation is 1. The molecule has 0 aromatic carbocycles. The van der Waals surface area contributed by atoms with E-state index >= 15 is 0 Å². The van der Waals surface area contributed by atoms with Crippen molar-refractivity contribution in [3.05, 3.63) is 12.2 Å². The Kier molecular flexibility index (Phi) is 5.30. The molecule has 0 bridgehead atoms. The topological polar surface area (TPSA) is 54.3 Å². The lowest BCUT2D eigenvalue weighted by Crippen LogP contribution is -2.40. The van der Waals surface area contributed by atoms with Gasteiger partial charge in [0.2, 0.25) is 5.91 Å². The van der Waals surface area contributed by atoms with Gasteiger partial charge < -0.3 is 14.4 Å². The average molecular weight is 319 g/mol. The van der Waals surface area contributed by atoms with E-state index in [1.807, 2.05) is 11.6 Å². The molecule has 2 fully saturated rings. The van der Waals surface area contributed by atoms with Gasteiger partial charge in [-0.1, -0.05) is 6.92 Å². The van der Waals surface area contributed by atoms with Crippen LogP contribution in [-0.2, 0) is 11.8 Å². The monoisotopic (exact) mass is 319 g/mol. The van der Waals surface area contributed by atoms with Crippen LogP contribution in [0.2, 0.25) is 0 Å². The molecule has 3 heterocycles. The van der Waals surface area contributed by atoms with Gasteiger partial charge in [-0.15, -0.1) is 10.2 Å². The SMILES string of the molecule is CCN1CCC(CC(=O)N2CCC(c3nncn3C)CC2)CC1. The zero-order valence-corrected chi connectivity index (χ0v) is 14.4. The summed E-state index contributed by atoms with van der Waals surface area (Å²) in [6.45, 7) is 7.39. The van der Waals surface area contributed by atoms with Gasteiger partial charge in [-0.3, -0.25) is 4.79 Å². The second-order valence-corrected chi connectivity index (χ2v) is 7.04. The molecule has 0 N–H and O–H groups in total. The summed E-state index contributed by atoms with van der Waals surface area (Å²) in [4.78, 5) is 17.1. The molecule has 2 aliphatic heterocycles. The maximum atomic E-state index is 12.6. The van der Waals surface area contributed by atoms with Crippen LogP contribution in [0.4, 0.5) is 0 Å². The smallest absolute Gasteiger partial charge is 0.222 e. The van der Waals surface area contributed by atoms with Crippen molar-refractivity contribution in [1.29, 1.82) is 0 Å². The Morgan fingerprint density at radius 2 is 1.87 bits per heavy atom. The van der Waals surface area contributed by atoms with Crippen LogP contribution >= 0.6 is 0 Å². The molecule has 0 aliphatic carbocycles. The lowest BCUT2D eigenvalue weighted by molar-refractivity contribution is -0.133. The lowest BCUT2D eigenvalue weighted by Gasteiger charge is -2.34. The van der Waals surface area contributed by atoms with Gasteiger partial charge in [-0.2, -0.15) is 0 Å². The van der Waals surface area contributed by atoms with Gasteiger partial charge in [0.05, 0.1) is 0 Å². The lowest BCUT2D eigenvalue weighted by atomic mass is 9.91. The number of carbonyl (C=O) groups is 1. The molecule has 2 saturated heterocycles. The van der Waals surface area contributed by atoms with Gasteiger partial charge in [0, 0.05) is 32.5 Å². The summed E-state index contributed by atoms with van der Waals surface area (Å²) >= 11 is 0. The number of hydrogen-bond acceptors (Lipinski definition) is 4. The first-order valence-electron chi connectivity index (χ1n) is 9.01. The van der Waals surface area contributed by atoms with Crippen LogP contribution in [0, 0.1) is 5.92 Å². The molecule has 128 valence electrons. The molecule has 0 atom stereocenters. The third-order valence-corrected chi connectivity index (χ3v) is 5.58. The molecule has 1 aromatic heterocycles. The predicted octanol–water partition coefficient (Wildman–Crippen LogP) is 1.64. The van der Waals surface area contributed by atoms with Crippen molar-refractivity contribution in [3.8, 4) is 0 Å². The van der Waals surface area contributed by atoms with Gasteiger partial charge in [-0.25, -0.2) is 0 Å². The number of carbonyl (C=O) groups excluding carboxylic acids is 1. The third kappa shape index (κ3) is 3.91. The standard InChI is InChI=1S/C17H29N5O/c1-3-21-8-4-14(5-9-21)12-16(23)22-10-6-15(7-11-22)17-19-18-13-20(17)2/h13-15H,3-12H2,1-2H3. The molecule has 2 aliphatic rings. The van der Waals surface area contributed by atoms with E-state index in [1.54, 1.807) is 6.33 Å². The van der Waals surface area contributed by atoms with Crippen LogP contribution in [0.15, 0.2) is 6.33 Å². The van der Waals surface area contributed by atoms with E-state index in [0.29, 0.717) is 17.7 Å². The van der Waals surface area contributed by atoms with Gasteiger partial charge in [0.1, 0.15) is 12.2 Å². The molecule has 6 nitrogen and oxygen atoms in total. The molecule has 23 heavy (non-hydrogen) atoms. The molecule has 3 rings (SSSR count). The summed E-state index contributed by atoms with van der Waals surface area (Å²) in [5.74, 6) is 2.45. The van der Waals surface area contributed by atoms with Crippen molar-refractivity contribution in [2.24, 2.45) is 13.0 Å². The molecular formula is C17H29N5O. The quantitative estimate of drug-likeness (QED) is 0.847. The summed E-state index contributed by atoms with van der Waals surface area (Å²) < 4.78 is 2.00. The molecule has 0 spiro atoms. The van der Waals surface area contributed by atoms with E-state index < -0.39 is 0 Å². The summed E-state index contributed by atoms with van der Waals surface area (Å²) in [5.41, 5.74) is 0. The van der Waals surface area contributed by atoms with Crippen molar-refractivity contribution in [2.75, 3.05) is 32.7 Å². The predicted molar refractivity (Wildman–Crippen MR) is 89.0 cm³/mol. The molecule has 0 saturated carbocycles. The summed E-state index contributed by atoms with van der Waals surface area (Å²) in [6, 6.07) is 0. The number of nitrogens with zero attached hydrogens (tertiary/aromatic N) is 5. The molecule has 0 unspecified atom stereocenters. The largest absolute Gasteiger partial charge is 0.343 e. The fraction of sp³-hybridized carbons (Fsp3) is 0.824.